The molecular weight excluding hydrogens is 188 g/mol. The predicted molar refractivity (Wildman–Crippen MR) is 50.7 cm³/mol. The van der Waals surface area contributed by atoms with Crippen LogP contribution in [0.3, 0.4) is 0 Å². The molecule has 0 bridgehead atoms. The van der Waals surface area contributed by atoms with E-state index in [1.807, 2.05) is 0 Å². The van der Waals surface area contributed by atoms with Crippen molar-refractivity contribution in [1.29, 1.82) is 0 Å². The number of phenolic OH excluding ortho intramolecular Hbond substituents is 2. The summed E-state index contributed by atoms with van der Waals surface area (Å²) in [6.07, 6.45) is 0.588. The van der Waals surface area contributed by atoms with Crippen LogP contribution in [0, 0.1) is 0 Å². The van der Waals surface area contributed by atoms with E-state index in [1.165, 1.54) is 23.9 Å². The number of hydrogen-bond acceptors (Lipinski definition) is 3. The molecule has 1 aromatic rings. The fraction of sp³-hybridized carbons (Fsp3) is 0.333. The van der Waals surface area contributed by atoms with E-state index in [-0.39, 0.29) is 18.1 Å². The van der Waals surface area contributed by atoms with Crippen LogP contribution in [0.15, 0.2) is 23.1 Å². The lowest BCUT2D eigenvalue weighted by Gasteiger charge is -2.03. The summed E-state index contributed by atoms with van der Waals surface area (Å²) in [5.41, 5.74) is 0. The van der Waals surface area contributed by atoms with Gasteiger partial charge < -0.3 is 10.2 Å². The van der Waals surface area contributed by atoms with Gasteiger partial charge in [0.05, 0.1) is 6.61 Å². The smallest absolute Gasteiger partial charge is 0.132 e. The van der Waals surface area contributed by atoms with Gasteiger partial charge in [-0.25, -0.2) is 5.11 Å². The normalized spacial score (nSPS) is 10.2. The Kier molecular flexibility index (Phi) is 3.92. The number of thioether (sulfide) groups is 1. The highest BCUT2D eigenvalue weighted by molar-refractivity contribution is 7.99. The fourth-order valence-electron chi connectivity index (χ4n) is 0.869. The Morgan fingerprint density at radius 3 is 2.69 bits per heavy atom. The van der Waals surface area contributed by atoms with Crippen molar-refractivity contribution in [3.05, 3.63) is 18.2 Å². The average molecular weight is 199 g/mol. The van der Waals surface area contributed by atoms with Crippen molar-refractivity contribution in [3.63, 3.8) is 0 Å². The summed E-state index contributed by atoms with van der Waals surface area (Å²) >= 11 is 1.42. The van der Waals surface area contributed by atoms with Gasteiger partial charge in [0.15, 0.2) is 0 Å². The zero-order chi connectivity index (χ0) is 9.68. The van der Waals surface area contributed by atoms with Crippen molar-refractivity contribution in [2.75, 3.05) is 12.4 Å². The van der Waals surface area contributed by atoms with Crippen LogP contribution < -0.4 is 0 Å². The van der Waals surface area contributed by atoms with Crippen molar-refractivity contribution >= 4 is 11.8 Å². The number of rotatable bonds is 4. The maximum Gasteiger partial charge on any atom is 0.132 e. The first kappa shape index (κ1) is 10.2. The number of benzene rings is 1. The zero-order valence-electron chi connectivity index (χ0n) is 7.06. The number of hydrogen-bond donors (Lipinski definition) is 2. The molecule has 0 saturated carbocycles. The summed E-state index contributed by atoms with van der Waals surface area (Å²) in [6.45, 7) is -0.0914. The van der Waals surface area contributed by atoms with E-state index in [4.69, 9.17) is 5.11 Å². The van der Waals surface area contributed by atoms with E-state index in [1.54, 1.807) is 6.07 Å². The lowest BCUT2D eigenvalue weighted by molar-refractivity contribution is 0.194. The minimum Gasteiger partial charge on any atom is -0.508 e. The lowest BCUT2D eigenvalue weighted by Crippen LogP contribution is -1.84. The number of phenols is 2. The van der Waals surface area contributed by atoms with Crippen LogP contribution in [0.1, 0.15) is 6.42 Å². The summed E-state index contributed by atoms with van der Waals surface area (Å²) in [7, 11) is 0. The standard InChI is InChI=1S/C9H11O3S/c10-4-1-5-13-9-3-2-7(11)6-8(9)12/h2-3,6,11-12H,1,4-5H2. The van der Waals surface area contributed by atoms with Crippen LogP contribution in [0.25, 0.3) is 0 Å². The van der Waals surface area contributed by atoms with Crippen LogP contribution >= 0.6 is 11.8 Å². The lowest BCUT2D eigenvalue weighted by atomic mass is 10.3. The van der Waals surface area contributed by atoms with Gasteiger partial charge in [0.2, 0.25) is 0 Å². The van der Waals surface area contributed by atoms with Crippen molar-refractivity contribution in [2.45, 2.75) is 11.3 Å². The van der Waals surface area contributed by atoms with E-state index in [0.29, 0.717) is 17.1 Å². The zero-order valence-corrected chi connectivity index (χ0v) is 7.88. The second kappa shape index (κ2) is 4.99. The molecule has 0 unspecified atom stereocenters. The molecule has 1 radical (unpaired) electrons. The summed E-state index contributed by atoms with van der Waals surface area (Å²) in [4.78, 5) is 0.700. The molecule has 0 aliphatic rings. The highest BCUT2D eigenvalue weighted by Gasteiger charge is 2.01. The first-order valence-corrected chi connectivity index (χ1v) is 4.95. The maximum absolute atomic E-state index is 10.1. The van der Waals surface area contributed by atoms with Crippen molar-refractivity contribution in [3.8, 4) is 11.5 Å². The van der Waals surface area contributed by atoms with Crippen LogP contribution in [0.5, 0.6) is 11.5 Å². The van der Waals surface area contributed by atoms with Crippen molar-refractivity contribution < 1.29 is 15.3 Å². The molecule has 1 aromatic carbocycles. The van der Waals surface area contributed by atoms with Gasteiger partial charge in [-0.15, -0.1) is 11.8 Å². The van der Waals surface area contributed by atoms with Gasteiger partial charge in [-0.1, -0.05) is 0 Å². The molecule has 1 rings (SSSR count). The number of aromatic hydroxyl groups is 2. The van der Waals surface area contributed by atoms with Gasteiger partial charge in [-0.2, -0.15) is 0 Å². The van der Waals surface area contributed by atoms with Crippen molar-refractivity contribution in [2.24, 2.45) is 0 Å². The molecule has 3 nitrogen and oxygen atoms in total. The molecule has 0 amide bonds. The van der Waals surface area contributed by atoms with E-state index in [2.05, 4.69) is 0 Å². The highest BCUT2D eigenvalue weighted by atomic mass is 32.2. The minimum atomic E-state index is -0.0914. The Morgan fingerprint density at radius 1 is 1.31 bits per heavy atom. The van der Waals surface area contributed by atoms with E-state index in [0.717, 1.165) is 0 Å². The molecule has 13 heavy (non-hydrogen) atoms. The molecule has 0 spiro atoms. The van der Waals surface area contributed by atoms with Gasteiger partial charge in [0.1, 0.15) is 11.5 Å². The summed E-state index contributed by atoms with van der Waals surface area (Å²) in [5.74, 6) is 0.809. The Labute approximate surface area is 81.0 Å². The Bertz CT molecular complexity index is 276. The molecule has 0 saturated heterocycles. The molecule has 4 heteroatoms. The largest absolute Gasteiger partial charge is 0.508 e. The second-order valence-corrected chi connectivity index (χ2v) is 3.69. The molecule has 71 valence electrons. The predicted octanol–water partition coefficient (Wildman–Crippen LogP) is 2.01. The third-order valence-corrected chi connectivity index (χ3v) is 2.64. The molecular formula is C9H11O3S. The summed E-state index contributed by atoms with van der Waals surface area (Å²) in [5, 5.41) is 28.5. The summed E-state index contributed by atoms with van der Waals surface area (Å²) in [6, 6.07) is 4.44. The van der Waals surface area contributed by atoms with Gasteiger partial charge >= 0.3 is 0 Å². The van der Waals surface area contributed by atoms with Crippen LogP contribution in [0.2, 0.25) is 0 Å². The minimum absolute atomic E-state index is 0.0469. The molecule has 0 heterocycles. The van der Waals surface area contributed by atoms with E-state index < -0.39 is 0 Å². The monoisotopic (exact) mass is 199 g/mol. The van der Waals surface area contributed by atoms with Crippen LogP contribution in [0.4, 0.5) is 0 Å². The highest BCUT2D eigenvalue weighted by Crippen LogP contribution is 2.31. The van der Waals surface area contributed by atoms with Gasteiger partial charge in [-0.3, -0.25) is 0 Å². The summed E-state index contributed by atoms with van der Waals surface area (Å²) < 4.78 is 0. The average Bonchev–Trinajstić information content (AvgIpc) is 2.09. The maximum atomic E-state index is 10.1. The van der Waals surface area contributed by atoms with Gasteiger partial charge in [0.25, 0.3) is 0 Å². The third kappa shape index (κ3) is 3.16. The van der Waals surface area contributed by atoms with E-state index >= 15 is 0 Å². The molecule has 0 atom stereocenters. The Hall–Kier alpha value is -0.870. The fourth-order valence-corrected chi connectivity index (χ4v) is 1.72. The SMILES string of the molecule is [O]CCCSc1ccc(O)cc1O. The quantitative estimate of drug-likeness (QED) is 0.576. The molecule has 0 aliphatic heterocycles. The third-order valence-electron chi connectivity index (χ3n) is 1.49. The topological polar surface area (TPSA) is 60.4 Å². The Morgan fingerprint density at radius 2 is 2.08 bits per heavy atom. The molecule has 0 aliphatic carbocycles. The van der Waals surface area contributed by atoms with Gasteiger partial charge in [-0.05, 0) is 18.6 Å². The molecule has 2 N–H and O–H groups in total. The van der Waals surface area contributed by atoms with E-state index in [9.17, 15) is 10.2 Å². The Balaban J connectivity index is 2.56. The van der Waals surface area contributed by atoms with Crippen LogP contribution in [-0.4, -0.2) is 22.6 Å². The first-order chi connectivity index (χ1) is 6.24. The van der Waals surface area contributed by atoms with Crippen LogP contribution in [-0.2, 0) is 5.11 Å². The van der Waals surface area contributed by atoms with Gasteiger partial charge in [0, 0.05) is 16.7 Å². The molecule has 0 fully saturated rings. The van der Waals surface area contributed by atoms with Crippen molar-refractivity contribution in [1.82, 2.24) is 0 Å². The second-order valence-electron chi connectivity index (χ2n) is 2.56. The molecule has 0 aromatic heterocycles. The first-order valence-electron chi connectivity index (χ1n) is 3.97.